The number of halogens is 1. The third-order valence-corrected chi connectivity index (χ3v) is 4.24. The second-order valence-electron chi connectivity index (χ2n) is 7.36. The first-order valence-electron chi connectivity index (χ1n) is 8.85. The maximum absolute atomic E-state index is 12.0. The number of hydrogen-bond donors (Lipinski definition) is 3. The molecule has 26 heavy (non-hydrogen) atoms. The van der Waals surface area contributed by atoms with E-state index >= 15 is 0 Å². The van der Waals surface area contributed by atoms with Crippen LogP contribution in [0.3, 0.4) is 0 Å². The molecule has 3 N–H and O–H groups in total. The molecule has 0 aliphatic carbocycles. The minimum absolute atomic E-state index is 0.237. The van der Waals surface area contributed by atoms with Crippen LogP contribution in [0.2, 0.25) is 5.02 Å². The van der Waals surface area contributed by atoms with E-state index in [2.05, 4.69) is 10.6 Å². The number of benzene rings is 1. The molecule has 0 aromatic heterocycles. The number of carbonyl (C=O) groups is 2. The number of piperazine rings is 1. The summed E-state index contributed by atoms with van der Waals surface area (Å²) in [6, 6.07) is 6.72. The van der Waals surface area contributed by atoms with Gasteiger partial charge in [0.15, 0.2) is 0 Å². The highest BCUT2D eigenvalue weighted by atomic mass is 35.5. The lowest BCUT2D eigenvalue weighted by atomic mass is 10.2. The molecule has 1 saturated heterocycles. The van der Waals surface area contributed by atoms with Gasteiger partial charge in [0.05, 0.1) is 39.3 Å². The summed E-state index contributed by atoms with van der Waals surface area (Å²) in [6.07, 6.45) is -0.253. The van der Waals surface area contributed by atoms with Crippen molar-refractivity contribution in [3.8, 4) is 0 Å². The fourth-order valence-corrected chi connectivity index (χ4v) is 2.77. The van der Waals surface area contributed by atoms with Gasteiger partial charge in [-0.1, -0.05) is 11.6 Å². The van der Waals surface area contributed by atoms with Gasteiger partial charge >= 0.3 is 12.1 Å². The molecule has 0 bridgehead atoms. The van der Waals surface area contributed by atoms with Crippen molar-refractivity contribution in [1.82, 2.24) is 10.2 Å². The van der Waals surface area contributed by atoms with E-state index in [0.29, 0.717) is 30.3 Å². The lowest BCUT2D eigenvalue weighted by molar-refractivity contribution is -0.902. The zero-order chi connectivity index (χ0) is 19.2. The molecular formula is C18H28ClN4O3+. The van der Waals surface area contributed by atoms with Gasteiger partial charge in [0.1, 0.15) is 5.60 Å². The SMILES string of the molecule is CC(C)(C)OC(=O)N1CC[NH+](CCNC(=O)Nc2ccc(Cl)cc2)CC1. The summed E-state index contributed by atoms with van der Waals surface area (Å²) in [5, 5.41) is 6.24. The molecule has 0 unspecified atom stereocenters. The third-order valence-electron chi connectivity index (χ3n) is 3.99. The van der Waals surface area contributed by atoms with E-state index in [1.165, 1.54) is 4.90 Å². The minimum Gasteiger partial charge on any atom is -0.444 e. The first-order valence-corrected chi connectivity index (χ1v) is 9.23. The first-order chi connectivity index (χ1) is 12.2. The van der Waals surface area contributed by atoms with Gasteiger partial charge in [-0.3, -0.25) is 4.90 Å². The van der Waals surface area contributed by atoms with Crippen molar-refractivity contribution >= 4 is 29.4 Å². The first kappa shape index (κ1) is 20.3. The van der Waals surface area contributed by atoms with Crippen molar-refractivity contribution in [2.24, 2.45) is 0 Å². The fraction of sp³-hybridized carbons (Fsp3) is 0.556. The second kappa shape index (κ2) is 9.09. The van der Waals surface area contributed by atoms with E-state index in [1.54, 1.807) is 29.2 Å². The van der Waals surface area contributed by atoms with E-state index in [1.807, 2.05) is 20.8 Å². The zero-order valence-corrected chi connectivity index (χ0v) is 16.4. The molecular weight excluding hydrogens is 356 g/mol. The Hall–Kier alpha value is -1.99. The van der Waals surface area contributed by atoms with Crippen LogP contribution in [0.4, 0.5) is 15.3 Å². The molecule has 8 heteroatoms. The smallest absolute Gasteiger partial charge is 0.410 e. The molecule has 1 aromatic carbocycles. The highest BCUT2D eigenvalue weighted by Gasteiger charge is 2.27. The number of anilines is 1. The molecule has 1 fully saturated rings. The van der Waals surface area contributed by atoms with Gasteiger partial charge in [0, 0.05) is 10.7 Å². The average molecular weight is 384 g/mol. The Morgan fingerprint density at radius 2 is 1.81 bits per heavy atom. The topological polar surface area (TPSA) is 75.1 Å². The van der Waals surface area contributed by atoms with Crippen molar-refractivity contribution < 1.29 is 19.2 Å². The summed E-state index contributed by atoms with van der Waals surface area (Å²) < 4.78 is 5.39. The van der Waals surface area contributed by atoms with Gasteiger partial charge in [-0.25, -0.2) is 9.59 Å². The van der Waals surface area contributed by atoms with Crippen LogP contribution in [0, 0.1) is 0 Å². The van der Waals surface area contributed by atoms with Gasteiger partial charge in [0.25, 0.3) is 0 Å². The molecule has 0 radical (unpaired) electrons. The Labute approximate surface area is 159 Å². The molecule has 7 nitrogen and oxygen atoms in total. The van der Waals surface area contributed by atoms with Crippen molar-refractivity contribution in [3.05, 3.63) is 29.3 Å². The van der Waals surface area contributed by atoms with Gasteiger partial charge in [-0.2, -0.15) is 0 Å². The molecule has 3 amide bonds. The quantitative estimate of drug-likeness (QED) is 0.739. The van der Waals surface area contributed by atoms with Gasteiger partial charge in [-0.05, 0) is 45.0 Å². The number of nitrogens with zero attached hydrogens (tertiary/aromatic N) is 1. The Bertz CT molecular complexity index is 608. The van der Waals surface area contributed by atoms with E-state index in [-0.39, 0.29) is 12.1 Å². The number of amides is 3. The fourth-order valence-electron chi connectivity index (χ4n) is 2.64. The van der Waals surface area contributed by atoms with E-state index in [4.69, 9.17) is 16.3 Å². The second-order valence-corrected chi connectivity index (χ2v) is 7.79. The number of hydrogen-bond acceptors (Lipinski definition) is 3. The predicted octanol–water partition coefficient (Wildman–Crippen LogP) is 1.60. The number of nitrogens with one attached hydrogen (secondary N) is 3. The maximum Gasteiger partial charge on any atom is 0.410 e. The van der Waals surface area contributed by atoms with Crippen LogP contribution in [0.25, 0.3) is 0 Å². The van der Waals surface area contributed by atoms with E-state index in [9.17, 15) is 9.59 Å². The van der Waals surface area contributed by atoms with Crippen LogP contribution in [0.15, 0.2) is 24.3 Å². The summed E-state index contributed by atoms with van der Waals surface area (Å²) >= 11 is 5.82. The number of quaternary nitrogens is 1. The highest BCUT2D eigenvalue weighted by molar-refractivity contribution is 6.30. The molecule has 1 aliphatic heterocycles. The normalized spacial score (nSPS) is 15.5. The van der Waals surface area contributed by atoms with Crippen molar-refractivity contribution in [3.63, 3.8) is 0 Å². The number of ether oxygens (including phenoxy) is 1. The Kier molecular flexibility index (Phi) is 7.11. The van der Waals surface area contributed by atoms with Crippen LogP contribution in [0.5, 0.6) is 0 Å². The molecule has 1 aliphatic rings. The van der Waals surface area contributed by atoms with Crippen LogP contribution >= 0.6 is 11.6 Å². The Morgan fingerprint density at radius 1 is 1.19 bits per heavy atom. The van der Waals surface area contributed by atoms with E-state index < -0.39 is 5.60 Å². The van der Waals surface area contributed by atoms with E-state index in [0.717, 1.165) is 19.6 Å². The molecule has 1 heterocycles. The lowest BCUT2D eigenvalue weighted by Gasteiger charge is -2.33. The molecule has 1 aromatic rings. The van der Waals surface area contributed by atoms with Crippen LogP contribution in [0.1, 0.15) is 20.8 Å². The van der Waals surface area contributed by atoms with Crippen LogP contribution in [-0.2, 0) is 4.74 Å². The van der Waals surface area contributed by atoms with Crippen LogP contribution in [-0.4, -0.2) is 61.9 Å². The summed E-state index contributed by atoms with van der Waals surface area (Å²) in [7, 11) is 0. The third kappa shape index (κ3) is 7.09. The van der Waals surface area contributed by atoms with Gasteiger partial charge in [-0.15, -0.1) is 0 Å². The Morgan fingerprint density at radius 3 is 2.38 bits per heavy atom. The highest BCUT2D eigenvalue weighted by Crippen LogP contribution is 2.13. The zero-order valence-electron chi connectivity index (χ0n) is 15.6. The molecule has 2 rings (SSSR count). The van der Waals surface area contributed by atoms with Crippen molar-refractivity contribution in [2.75, 3.05) is 44.6 Å². The van der Waals surface area contributed by atoms with Gasteiger partial charge < -0.3 is 20.3 Å². The van der Waals surface area contributed by atoms with Crippen molar-refractivity contribution in [2.45, 2.75) is 26.4 Å². The summed E-state index contributed by atoms with van der Waals surface area (Å²) in [6.45, 7) is 10.0. The average Bonchev–Trinajstić information content (AvgIpc) is 2.56. The number of rotatable bonds is 4. The monoisotopic (exact) mass is 383 g/mol. The Balaban J connectivity index is 1.63. The summed E-state index contributed by atoms with van der Waals surface area (Å²) in [4.78, 5) is 27.0. The standard InChI is InChI=1S/C18H27ClN4O3/c1-18(2,3)26-17(25)23-12-10-22(11-13-23)9-8-20-16(24)21-15-6-4-14(19)5-7-15/h4-7H,8-13H2,1-3H3,(H2,20,21,24)/p+1. The largest absolute Gasteiger partial charge is 0.444 e. The molecule has 0 atom stereocenters. The van der Waals surface area contributed by atoms with Crippen LogP contribution < -0.4 is 15.5 Å². The van der Waals surface area contributed by atoms with Gasteiger partial charge in [0.2, 0.25) is 0 Å². The molecule has 144 valence electrons. The summed E-state index contributed by atoms with van der Waals surface area (Å²) in [5.74, 6) is 0. The number of urea groups is 1. The summed E-state index contributed by atoms with van der Waals surface area (Å²) in [5.41, 5.74) is 0.229. The number of carbonyl (C=O) groups excluding carboxylic acids is 2. The predicted molar refractivity (Wildman–Crippen MR) is 102 cm³/mol. The minimum atomic E-state index is -0.470. The van der Waals surface area contributed by atoms with Crippen molar-refractivity contribution in [1.29, 1.82) is 0 Å². The lowest BCUT2D eigenvalue weighted by Crippen LogP contribution is -3.15. The molecule has 0 saturated carbocycles. The maximum atomic E-state index is 12.0. The molecule has 0 spiro atoms.